The first-order chi connectivity index (χ1) is 11.2. The van der Waals surface area contributed by atoms with Crippen LogP contribution in [-0.4, -0.2) is 25.1 Å². The molecule has 0 radical (unpaired) electrons. The van der Waals surface area contributed by atoms with E-state index in [4.69, 9.17) is 14.2 Å². The zero-order valence-electron chi connectivity index (χ0n) is 13.0. The average molecular weight is 314 g/mol. The minimum Gasteiger partial charge on any atom is -0.496 e. The van der Waals surface area contributed by atoms with Gasteiger partial charge < -0.3 is 19.3 Å². The van der Waals surface area contributed by atoms with E-state index in [0.717, 1.165) is 5.56 Å². The Bertz CT molecular complexity index is 738. The van der Waals surface area contributed by atoms with Crippen molar-refractivity contribution < 1.29 is 24.1 Å². The molecule has 5 heteroatoms. The monoisotopic (exact) mass is 314 g/mol. The van der Waals surface area contributed by atoms with Crippen molar-refractivity contribution in [3.63, 3.8) is 0 Å². The molecule has 0 spiro atoms. The Morgan fingerprint density at radius 1 is 1.17 bits per heavy atom. The van der Waals surface area contributed by atoms with E-state index in [2.05, 4.69) is 0 Å². The van der Waals surface area contributed by atoms with Gasteiger partial charge in [0.25, 0.3) is 0 Å². The lowest BCUT2D eigenvalue weighted by atomic mass is 9.94. The highest BCUT2D eigenvalue weighted by Gasteiger charge is 2.30. The largest absolute Gasteiger partial charge is 0.496 e. The number of aliphatic hydroxyl groups excluding tert-OH is 1. The summed E-state index contributed by atoms with van der Waals surface area (Å²) in [6.45, 7) is -0.195. The highest BCUT2D eigenvalue weighted by molar-refractivity contribution is 6.00. The van der Waals surface area contributed by atoms with E-state index in [0.29, 0.717) is 28.4 Å². The number of aliphatic hydroxyl groups is 1. The van der Waals surface area contributed by atoms with Gasteiger partial charge in [0.05, 0.1) is 32.8 Å². The van der Waals surface area contributed by atoms with E-state index in [1.807, 2.05) is 24.3 Å². The molecule has 1 aliphatic heterocycles. The van der Waals surface area contributed by atoms with Crippen LogP contribution in [0, 0.1) is 0 Å². The van der Waals surface area contributed by atoms with Crippen LogP contribution in [0.2, 0.25) is 0 Å². The molecule has 0 amide bonds. The normalized spacial score (nSPS) is 16.5. The van der Waals surface area contributed by atoms with Crippen LogP contribution in [0.25, 0.3) is 0 Å². The Morgan fingerprint density at radius 3 is 2.61 bits per heavy atom. The number of benzene rings is 2. The third kappa shape index (κ3) is 2.75. The smallest absolute Gasteiger partial charge is 0.170 e. The van der Waals surface area contributed by atoms with Gasteiger partial charge >= 0.3 is 0 Å². The molecule has 1 atom stereocenters. The summed E-state index contributed by atoms with van der Waals surface area (Å²) in [7, 11) is 3.11. The first-order valence-corrected chi connectivity index (χ1v) is 7.32. The van der Waals surface area contributed by atoms with Crippen LogP contribution in [0.5, 0.6) is 17.2 Å². The summed E-state index contributed by atoms with van der Waals surface area (Å²) >= 11 is 0. The SMILES string of the molecule is COc1cc2c(cc1CO)C(=O)C[C@@H](c1ccccc1OC)O2. The number of carbonyl (C=O) groups excluding carboxylic acids is 1. The molecular weight excluding hydrogens is 296 g/mol. The molecule has 3 rings (SSSR count). The number of methoxy groups -OCH3 is 2. The standard InChI is InChI=1S/C18H18O5/c1-21-15-6-4-3-5-12(15)17-8-14(20)13-7-11(10-19)16(22-2)9-18(13)23-17/h3-7,9,17,19H,8,10H2,1-2H3/t17-/m0/s1. The second-order valence-corrected chi connectivity index (χ2v) is 5.29. The van der Waals surface area contributed by atoms with Crippen molar-refractivity contribution in [1.82, 2.24) is 0 Å². The van der Waals surface area contributed by atoms with Crippen molar-refractivity contribution in [2.45, 2.75) is 19.1 Å². The molecule has 0 saturated carbocycles. The maximum atomic E-state index is 12.5. The first kappa shape index (κ1) is 15.4. The third-order valence-electron chi connectivity index (χ3n) is 3.98. The van der Waals surface area contributed by atoms with Crippen molar-refractivity contribution in [2.24, 2.45) is 0 Å². The van der Waals surface area contributed by atoms with E-state index in [1.54, 1.807) is 19.2 Å². The highest BCUT2D eigenvalue weighted by atomic mass is 16.5. The zero-order chi connectivity index (χ0) is 16.4. The second kappa shape index (κ2) is 6.30. The van der Waals surface area contributed by atoms with Crippen molar-refractivity contribution in [3.8, 4) is 17.2 Å². The number of fused-ring (bicyclic) bond motifs is 1. The number of Topliss-reactive ketones (excluding diaryl/α,β-unsaturated/α-hetero) is 1. The van der Waals surface area contributed by atoms with Gasteiger partial charge in [-0.1, -0.05) is 18.2 Å². The molecule has 0 unspecified atom stereocenters. The van der Waals surface area contributed by atoms with Crippen molar-refractivity contribution in [3.05, 3.63) is 53.1 Å². The number of ketones is 1. The molecule has 23 heavy (non-hydrogen) atoms. The predicted octanol–water partition coefficient (Wildman–Crippen LogP) is 2.90. The van der Waals surface area contributed by atoms with E-state index in [-0.39, 0.29) is 18.8 Å². The topological polar surface area (TPSA) is 65.0 Å². The van der Waals surface area contributed by atoms with Gasteiger partial charge in [0.1, 0.15) is 23.4 Å². The minimum atomic E-state index is -0.407. The zero-order valence-corrected chi connectivity index (χ0v) is 13.0. The van der Waals surface area contributed by atoms with Gasteiger partial charge in [-0.15, -0.1) is 0 Å². The lowest BCUT2D eigenvalue weighted by molar-refractivity contribution is 0.0846. The van der Waals surface area contributed by atoms with Gasteiger partial charge in [-0.25, -0.2) is 0 Å². The predicted molar refractivity (Wildman–Crippen MR) is 84.2 cm³/mol. The summed E-state index contributed by atoms with van der Waals surface area (Å²) in [4.78, 5) is 12.5. The quantitative estimate of drug-likeness (QED) is 0.940. The third-order valence-corrected chi connectivity index (χ3v) is 3.98. The number of hydrogen-bond acceptors (Lipinski definition) is 5. The molecule has 0 fully saturated rings. The van der Waals surface area contributed by atoms with Crippen LogP contribution in [0.15, 0.2) is 36.4 Å². The van der Waals surface area contributed by atoms with Gasteiger partial charge in [-0.3, -0.25) is 4.79 Å². The second-order valence-electron chi connectivity index (χ2n) is 5.29. The van der Waals surface area contributed by atoms with Crippen LogP contribution in [0.4, 0.5) is 0 Å². The van der Waals surface area contributed by atoms with E-state index >= 15 is 0 Å². The lowest BCUT2D eigenvalue weighted by Gasteiger charge is -2.27. The van der Waals surface area contributed by atoms with Crippen molar-refractivity contribution in [2.75, 3.05) is 14.2 Å². The van der Waals surface area contributed by atoms with Gasteiger partial charge in [0, 0.05) is 17.2 Å². The summed E-state index contributed by atoms with van der Waals surface area (Å²) in [5, 5.41) is 9.39. The molecule has 120 valence electrons. The summed E-state index contributed by atoms with van der Waals surface area (Å²) in [6.07, 6.45) is -0.180. The minimum absolute atomic E-state index is 0.0282. The molecule has 2 aromatic carbocycles. The Morgan fingerprint density at radius 2 is 1.91 bits per heavy atom. The Hall–Kier alpha value is -2.53. The molecule has 2 aromatic rings. The van der Waals surface area contributed by atoms with E-state index in [9.17, 15) is 9.90 Å². The fourth-order valence-electron chi connectivity index (χ4n) is 2.81. The molecule has 0 bridgehead atoms. The summed E-state index contributed by atoms with van der Waals surface area (Å²) in [5.74, 6) is 1.62. The van der Waals surface area contributed by atoms with Gasteiger partial charge in [0.15, 0.2) is 5.78 Å². The summed E-state index contributed by atoms with van der Waals surface area (Å²) < 4.78 is 16.6. The van der Waals surface area contributed by atoms with Crippen molar-refractivity contribution >= 4 is 5.78 Å². The van der Waals surface area contributed by atoms with E-state index in [1.165, 1.54) is 7.11 Å². The summed E-state index contributed by atoms with van der Waals surface area (Å²) in [6, 6.07) is 10.8. The van der Waals surface area contributed by atoms with Crippen molar-refractivity contribution in [1.29, 1.82) is 0 Å². The number of carbonyl (C=O) groups is 1. The van der Waals surface area contributed by atoms with Crippen LogP contribution in [0.1, 0.15) is 34.0 Å². The Labute approximate surface area is 134 Å². The fraction of sp³-hybridized carbons (Fsp3) is 0.278. The van der Waals surface area contributed by atoms with Gasteiger partial charge in [-0.05, 0) is 12.1 Å². The highest BCUT2D eigenvalue weighted by Crippen LogP contribution is 2.40. The molecule has 1 N–H and O–H groups in total. The molecule has 5 nitrogen and oxygen atoms in total. The number of hydrogen-bond donors (Lipinski definition) is 1. The fourth-order valence-corrected chi connectivity index (χ4v) is 2.81. The molecular formula is C18H18O5. The Balaban J connectivity index is 2.01. The molecule has 1 heterocycles. The molecule has 1 aliphatic rings. The molecule has 0 saturated heterocycles. The van der Waals surface area contributed by atoms with Gasteiger partial charge in [0.2, 0.25) is 0 Å². The van der Waals surface area contributed by atoms with Crippen LogP contribution < -0.4 is 14.2 Å². The lowest BCUT2D eigenvalue weighted by Crippen LogP contribution is -2.21. The number of para-hydroxylation sites is 1. The van der Waals surface area contributed by atoms with Crippen LogP contribution in [0.3, 0.4) is 0 Å². The molecule has 0 aliphatic carbocycles. The average Bonchev–Trinajstić information content (AvgIpc) is 2.60. The number of ether oxygens (including phenoxy) is 3. The van der Waals surface area contributed by atoms with E-state index < -0.39 is 6.10 Å². The molecule has 0 aromatic heterocycles. The first-order valence-electron chi connectivity index (χ1n) is 7.32. The Kier molecular flexibility index (Phi) is 4.21. The van der Waals surface area contributed by atoms with Gasteiger partial charge in [-0.2, -0.15) is 0 Å². The summed E-state index contributed by atoms with van der Waals surface area (Å²) in [5.41, 5.74) is 1.87. The maximum absolute atomic E-state index is 12.5. The number of rotatable bonds is 4. The van der Waals surface area contributed by atoms with Crippen LogP contribution in [-0.2, 0) is 6.61 Å². The van der Waals surface area contributed by atoms with Crippen LogP contribution >= 0.6 is 0 Å². The maximum Gasteiger partial charge on any atom is 0.170 e.